The summed E-state index contributed by atoms with van der Waals surface area (Å²) in [7, 11) is 0. The van der Waals surface area contributed by atoms with Gasteiger partial charge >= 0.3 is 12.1 Å². The zero-order chi connectivity index (χ0) is 28.8. The molecular weight excluding hydrogens is 538 g/mol. The molecule has 3 amide bonds. The number of hydrogen-bond donors (Lipinski definition) is 4. The number of amidine groups is 1. The topological polar surface area (TPSA) is 150 Å². The number of hydrogen-bond acceptors (Lipinski definition) is 8. The van der Waals surface area contributed by atoms with Crippen LogP contribution in [0.1, 0.15) is 70.9 Å². The molecule has 0 spiro atoms. The average Bonchev–Trinajstić information content (AvgIpc) is 3.40. The van der Waals surface area contributed by atoms with E-state index in [2.05, 4.69) is 16.0 Å². The van der Waals surface area contributed by atoms with Crippen molar-refractivity contribution in [3.8, 4) is 0 Å². The Bertz CT molecular complexity index is 988. The molecular formula is C28H44ClN5O6. The Kier molecular flexibility index (Phi) is 15.9. The van der Waals surface area contributed by atoms with Crippen LogP contribution in [0.3, 0.4) is 0 Å². The van der Waals surface area contributed by atoms with Crippen LogP contribution < -0.4 is 16.0 Å². The fourth-order valence-corrected chi connectivity index (χ4v) is 4.28. The summed E-state index contributed by atoms with van der Waals surface area (Å²) in [6.45, 7) is 8.98. The third-order valence-corrected chi connectivity index (χ3v) is 6.31. The zero-order valence-electron chi connectivity index (χ0n) is 23.9. The molecule has 0 saturated carbocycles. The molecule has 1 heterocycles. The summed E-state index contributed by atoms with van der Waals surface area (Å²) in [4.78, 5) is 51.6. The molecule has 0 radical (unpaired) electrons. The normalized spacial score (nSPS) is 15.1. The number of nitrogens with zero attached hydrogens (tertiary/aromatic N) is 1. The van der Waals surface area contributed by atoms with E-state index in [1.165, 1.54) is 0 Å². The van der Waals surface area contributed by atoms with Crippen molar-refractivity contribution in [1.82, 2.24) is 20.9 Å². The maximum Gasteiger partial charge on any atom is 0.412 e. The number of carbonyl (C=O) groups excluding carboxylic acids is 4. The Morgan fingerprint density at radius 1 is 1.10 bits per heavy atom. The van der Waals surface area contributed by atoms with Crippen LogP contribution >= 0.6 is 12.4 Å². The second-order valence-corrected chi connectivity index (χ2v) is 9.96. The summed E-state index contributed by atoms with van der Waals surface area (Å²) >= 11 is 0. The number of esters is 1. The van der Waals surface area contributed by atoms with Gasteiger partial charge in [0.1, 0.15) is 11.9 Å². The SMILES string of the molecule is CCCCOC(=O)NC(=N)c1ccc(CNC(=O)[C@@H]2CCCN2C(=O)[C@@H](CC(C)C)NCC(=O)OCC)cc1.Cl. The molecule has 2 rings (SSSR count). The van der Waals surface area contributed by atoms with E-state index < -0.39 is 24.1 Å². The highest BCUT2D eigenvalue weighted by Crippen LogP contribution is 2.20. The summed E-state index contributed by atoms with van der Waals surface area (Å²) in [5.74, 6) is -0.690. The van der Waals surface area contributed by atoms with Crippen molar-refractivity contribution < 1.29 is 28.7 Å². The second kappa shape index (κ2) is 18.2. The first-order valence-corrected chi connectivity index (χ1v) is 13.7. The highest BCUT2D eigenvalue weighted by molar-refractivity contribution is 6.04. The molecule has 1 saturated heterocycles. The number of rotatable bonds is 14. The lowest BCUT2D eigenvalue weighted by atomic mass is 10.0. The Morgan fingerprint density at radius 3 is 2.42 bits per heavy atom. The number of ether oxygens (including phenoxy) is 2. The van der Waals surface area contributed by atoms with Gasteiger partial charge in [-0.2, -0.15) is 0 Å². The molecule has 4 N–H and O–H groups in total. The van der Waals surface area contributed by atoms with Crippen LogP contribution in [0.4, 0.5) is 4.79 Å². The van der Waals surface area contributed by atoms with Crippen molar-refractivity contribution in [3.05, 3.63) is 35.4 Å². The maximum atomic E-state index is 13.4. The van der Waals surface area contributed by atoms with Gasteiger partial charge in [-0.05, 0) is 44.1 Å². The van der Waals surface area contributed by atoms with E-state index in [9.17, 15) is 19.2 Å². The molecule has 1 fully saturated rings. The second-order valence-electron chi connectivity index (χ2n) is 9.96. The largest absolute Gasteiger partial charge is 0.465 e. The minimum Gasteiger partial charge on any atom is -0.465 e. The van der Waals surface area contributed by atoms with Crippen molar-refractivity contribution in [1.29, 1.82) is 5.41 Å². The molecule has 12 heteroatoms. The van der Waals surface area contributed by atoms with Gasteiger partial charge in [-0.25, -0.2) is 4.79 Å². The van der Waals surface area contributed by atoms with Crippen LogP contribution in [0.25, 0.3) is 0 Å². The predicted octanol–water partition coefficient (Wildman–Crippen LogP) is 3.13. The highest BCUT2D eigenvalue weighted by atomic mass is 35.5. The molecule has 1 aromatic carbocycles. The average molecular weight is 582 g/mol. The molecule has 11 nitrogen and oxygen atoms in total. The van der Waals surface area contributed by atoms with Crippen LogP contribution in [0.15, 0.2) is 24.3 Å². The molecule has 40 heavy (non-hydrogen) atoms. The Balaban J connectivity index is 0.00000800. The summed E-state index contributed by atoms with van der Waals surface area (Å²) in [6.07, 6.45) is 2.84. The van der Waals surface area contributed by atoms with Gasteiger partial charge in [-0.1, -0.05) is 51.5 Å². The van der Waals surface area contributed by atoms with Crippen molar-refractivity contribution in [3.63, 3.8) is 0 Å². The number of nitrogens with one attached hydrogen (secondary N) is 4. The van der Waals surface area contributed by atoms with Gasteiger partial charge in [0.15, 0.2) is 0 Å². The maximum absolute atomic E-state index is 13.4. The summed E-state index contributed by atoms with van der Waals surface area (Å²) in [6, 6.07) is 5.75. The number of likely N-dealkylation sites (tertiary alicyclic amines) is 1. The third kappa shape index (κ3) is 11.5. The smallest absolute Gasteiger partial charge is 0.412 e. The number of unbranched alkanes of at least 4 members (excludes halogenated alkanes) is 1. The lowest BCUT2D eigenvalue weighted by Gasteiger charge is -2.29. The summed E-state index contributed by atoms with van der Waals surface area (Å²) < 4.78 is 9.98. The van der Waals surface area contributed by atoms with Gasteiger partial charge in [-0.15, -0.1) is 12.4 Å². The van der Waals surface area contributed by atoms with Gasteiger partial charge in [0.2, 0.25) is 11.8 Å². The first-order valence-electron chi connectivity index (χ1n) is 13.7. The number of halogens is 1. The van der Waals surface area contributed by atoms with Crippen molar-refractivity contribution in [2.24, 2.45) is 5.92 Å². The molecule has 0 unspecified atom stereocenters. The monoisotopic (exact) mass is 581 g/mol. The quantitative estimate of drug-likeness (QED) is 0.114. The zero-order valence-corrected chi connectivity index (χ0v) is 24.7. The highest BCUT2D eigenvalue weighted by Gasteiger charge is 2.37. The number of benzene rings is 1. The van der Waals surface area contributed by atoms with Crippen molar-refractivity contribution >= 4 is 42.1 Å². The minimum absolute atomic E-state index is 0. The molecule has 1 aliphatic heterocycles. The van der Waals surface area contributed by atoms with Crippen LogP contribution in [-0.4, -0.2) is 73.0 Å². The Labute approximate surface area is 243 Å². The molecule has 224 valence electrons. The summed E-state index contributed by atoms with van der Waals surface area (Å²) in [5.41, 5.74) is 1.33. The van der Waals surface area contributed by atoms with Crippen molar-refractivity contribution in [2.75, 3.05) is 26.3 Å². The third-order valence-electron chi connectivity index (χ3n) is 6.31. The van der Waals surface area contributed by atoms with E-state index in [-0.39, 0.29) is 55.7 Å². The fraction of sp³-hybridized carbons (Fsp3) is 0.607. The molecule has 1 aromatic rings. The van der Waals surface area contributed by atoms with E-state index in [0.717, 1.165) is 24.8 Å². The van der Waals surface area contributed by atoms with E-state index >= 15 is 0 Å². The van der Waals surface area contributed by atoms with E-state index in [1.807, 2.05) is 20.8 Å². The van der Waals surface area contributed by atoms with Crippen LogP contribution in [0, 0.1) is 11.3 Å². The van der Waals surface area contributed by atoms with Crippen LogP contribution in [0.5, 0.6) is 0 Å². The van der Waals surface area contributed by atoms with Gasteiger partial charge in [0.05, 0.1) is 25.8 Å². The predicted molar refractivity (Wildman–Crippen MR) is 154 cm³/mol. The Morgan fingerprint density at radius 2 is 1.80 bits per heavy atom. The molecule has 0 aromatic heterocycles. The standard InChI is InChI=1S/C28H43N5O6.ClH/c1-5-7-15-39-28(37)32-25(29)21-12-10-20(11-13-21)17-31-26(35)23-9-8-14-33(23)27(36)22(16-19(3)4)30-18-24(34)38-6-2;/h10-13,19,22-23,30H,5-9,14-18H2,1-4H3,(H,31,35)(H2,29,32,37);1H/t22-,23+;/m1./s1. The van der Waals surface area contributed by atoms with E-state index in [4.69, 9.17) is 14.9 Å². The molecule has 0 bridgehead atoms. The molecule has 0 aliphatic carbocycles. The lowest BCUT2D eigenvalue weighted by Crippen LogP contribution is -2.53. The van der Waals surface area contributed by atoms with Gasteiger partial charge < -0.3 is 19.7 Å². The van der Waals surface area contributed by atoms with E-state index in [0.29, 0.717) is 31.6 Å². The number of amides is 3. The first-order chi connectivity index (χ1) is 18.7. The van der Waals surface area contributed by atoms with Gasteiger partial charge in [-0.3, -0.25) is 30.4 Å². The lowest BCUT2D eigenvalue weighted by molar-refractivity contribution is -0.143. The number of alkyl carbamates (subject to hydrolysis) is 1. The number of carbonyl (C=O) groups is 4. The van der Waals surface area contributed by atoms with Gasteiger partial charge in [0.25, 0.3) is 0 Å². The summed E-state index contributed by atoms with van der Waals surface area (Å²) in [5, 5.41) is 16.4. The molecule has 2 atom stereocenters. The van der Waals surface area contributed by atoms with Gasteiger partial charge in [0, 0.05) is 18.7 Å². The van der Waals surface area contributed by atoms with Crippen LogP contribution in [0.2, 0.25) is 0 Å². The minimum atomic E-state index is -0.660. The first kappa shape index (κ1) is 34.8. The Hall–Kier alpha value is -3.18. The van der Waals surface area contributed by atoms with Crippen LogP contribution in [-0.2, 0) is 30.4 Å². The van der Waals surface area contributed by atoms with Crippen molar-refractivity contribution in [2.45, 2.75) is 78.4 Å². The van der Waals surface area contributed by atoms with E-state index in [1.54, 1.807) is 36.1 Å². The molecule has 1 aliphatic rings. The fourth-order valence-electron chi connectivity index (χ4n) is 4.28.